The molecule has 0 aromatic heterocycles. The van der Waals surface area contributed by atoms with Gasteiger partial charge in [-0.25, -0.2) is 0 Å². The zero-order valence-corrected chi connectivity index (χ0v) is 14.1. The Hall–Kier alpha value is -2.10. The molecule has 24 heavy (non-hydrogen) atoms. The Labute approximate surface area is 143 Å². The minimum Gasteiger partial charge on any atom is -0.481 e. The van der Waals surface area contributed by atoms with Crippen LogP contribution in [0, 0.1) is 11.8 Å². The van der Waals surface area contributed by atoms with Crippen LogP contribution in [0.3, 0.4) is 0 Å². The summed E-state index contributed by atoms with van der Waals surface area (Å²) in [5, 5.41) is 12.3. The van der Waals surface area contributed by atoms with E-state index < -0.39 is 17.8 Å². The van der Waals surface area contributed by atoms with Gasteiger partial charge in [-0.3, -0.25) is 9.59 Å². The van der Waals surface area contributed by atoms with Crippen LogP contribution in [0.1, 0.15) is 55.3 Å². The first-order valence-electron chi connectivity index (χ1n) is 8.86. The van der Waals surface area contributed by atoms with Gasteiger partial charge in [0.05, 0.1) is 17.9 Å². The summed E-state index contributed by atoms with van der Waals surface area (Å²) in [7, 11) is 0. The molecule has 0 saturated carbocycles. The molecule has 0 heterocycles. The molecule has 0 spiro atoms. The second-order valence-electron chi connectivity index (χ2n) is 6.96. The van der Waals surface area contributed by atoms with Crippen molar-refractivity contribution in [2.75, 3.05) is 0 Å². The molecule has 2 aliphatic carbocycles. The maximum atomic E-state index is 12.6. The average Bonchev–Trinajstić information content (AvgIpc) is 2.61. The maximum Gasteiger partial charge on any atom is 0.307 e. The highest BCUT2D eigenvalue weighted by atomic mass is 16.4. The van der Waals surface area contributed by atoms with Gasteiger partial charge in [0.2, 0.25) is 5.91 Å². The number of hydrogen-bond donors (Lipinski definition) is 2. The Bertz CT molecular complexity index is 665. The third kappa shape index (κ3) is 3.53. The van der Waals surface area contributed by atoms with Crippen molar-refractivity contribution >= 4 is 11.9 Å². The molecule has 0 aliphatic heterocycles. The molecule has 4 nitrogen and oxygen atoms in total. The zero-order valence-electron chi connectivity index (χ0n) is 14.1. The van der Waals surface area contributed by atoms with Gasteiger partial charge in [0.25, 0.3) is 0 Å². The first-order valence-corrected chi connectivity index (χ1v) is 8.86. The predicted molar refractivity (Wildman–Crippen MR) is 92.6 cm³/mol. The molecule has 2 aliphatic rings. The number of rotatable bonds is 4. The molecule has 2 N–H and O–H groups in total. The van der Waals surface area contributed by atoms with Crippen LogP contribution in [0.15, 0.2) is 30.4 Å². The highest BCUT2D eigenvalue weighted by Crippen LogP contribution is 2.28. The summed E-state index contributed by atoms with van der Waals surface area (Å²) in [6.07, 6.45) is 9.43. The Kier molecular flexibility index (Phi) is 5.03. The van der Waals surface area contributed by atoms with E-state index in [0.29, 0.717) is 12.8 Å². The van der Waals surface area contributed by atoms with Crippen molar-refractivity contribution in [3.8, 4) is 0 Å². The number of benzene rings is 1. The van der Waals surface area contributed by atoms with E-state index >= 15 is 0 Å². The number of fused-ring (bicyclic) bond motifs is 1. The standard InChI is InChI=1S/C20H25NO3/c1-13(15-11-10-14-6-2-3-7-16(14)12-15)21-19(22)17-8-4-5-9-18(17)20(23)24/h4-5,10-13,17-18H,2-3,6-9H2,1H3,(H,21,22)(H,23,24)/t13-,17-,18-/m0/s1. The molecule has 3 atom stereocenters. The van der Waals surface area contributed by atoms with E-state index in [1.54, 1.807) is 0 Å². The second-order valence-corrected chi connectivity index (χ2v) is 6.96. The summed E-state index contributed by atoms with van der Waals surface area (Å²) in [5.74, 6) is -2.14. The lowest BCUT2D eigenvalue weighted by Crippen LogP contribution is -2.39. The van der Waals surface area contributed by atoms with Crippen molar-refractivity contribution in [3.63, 3.8) is 0 Å². The van der Waals surface area contributed by atoms with Gasteiger partial charge < -0.3 is 10.4 Å². The molecule has 1 aromatic rings. The highest BCUT2D eigenvalue weighted by Gasteiger charge is 2.34. The van der Waals surface area contributed by atoms with Crippen LogP contribution in [-0.4, -0.2) is 17.0 Å². The molecule has 0 saturated heterocycles. The number of hydrogen-bond acceptors (Lipinski definition) is 2. The van der Waals surface area contributed by atoms with Gasteiger partial charge in [-0.1, -0.05) is 30.4 Å². The molecule has 0 radical (unpaired) electrons. The van der Waals surface area contributed by atoms with Crippen molar-refractivity contribution in [1.82, 2.24) is 5.32 Å². The Balaban J connectivity index is 1.69. The lowest BCUT2D eigenvalue weighted by atomic mass is 9.82. The minimum absolute atomic E-state index is 0.106. The third-order valence-electron chi connectivity index (χ3n) is 5.32. The Morgan fingerprint density at radius 2 is 1.75 bits per heavy atom. The van der Waals surface area contributed by atoms with Crippen LogP contribution in [0.5, 0.6) is 0 Å². The van der Waals surface area contributed by atoms with Crippen LogP contribution < -0.4 is 5.32 Å². The quantitative estimate of drug-likeness (QED) is 0.833. The van der Waals surface area contributed by atoms with E-state index in [9.17, 15) is 14.7 Å². The smallest absolute Gasteiger partial charge is 0.307 e. The SMILES string of the molecule is C[C@H](NC(=O)[C@H]1CC=CC[C@@H]1C(=O)O)c1ccc2c(c1)CCCC2. The Morgan fingerprint density at radius 1 is 1.08 bits per heavy atom. The van der Waals surface area contributed by atoms with Gasteiger partial charge in [-0.15, -0.1) is 0 Å². The number of nitrogens with one attached hydrogen (secondary N) is 1. The lowest BCUT2D eigenvalue weighted by Gasteiger charge is -2.26. The van der Waals surface area contributed by atoms with Crippen molar-refractivity contribution < 1.29 is 14.7 Å². The topological polar surface area (TPSA) is 66.4 Å². The number of carboxylic acid groups (broad SMARTS) is 1. The van der Waals surface area contributed by atoms with Gasteiger partial charge in [0.15, 0.2) is 0 Å². The van der Waals surface area contributed by atoms with Gasteiger partial charge >= 0.3 is 5.97 Å². The van der Waals surface area contributed by atoms with E-state index in [1.807, 2.05) is 19.1 Å². The first kappa shape index (κ1) is 16.7. The molecule has 0 unspecified atom stereocenters. The molecule has 1 aromatic carbocycles. The van der Waals surface area contributed by atoms with E-state index in [4.69, 9.17) is 0 Å². The maximum absolute atomic E-state index is 12.6. The van der Waals surface area contributed by atoms with Crippen LogP contribution in [0.25, 0.3) is 0 Å². The summed E-state index contributed by atoms with van der Waals surface area (Å²) < 4.78 is 0. The monoisotopic (exact) mass is 327 g/mol. The van der Waals surface area contributed by atoms with Gasteiger partial charge in [-0.05, 0) is 62.1 Å². The summed E-state index contributed by atoms with van der Waals surface area (Å²) in [6.45, 7) is 1.97. The number of carbonyl (C=O) groups excluding carboxylic acids is 1. The van der Waals surface area contributed by atoms with Crippen molar-refractivity contribution in [3.05, 3.63) is 47.0 Å². The van der Waals surface area contributed by atoms with Crippen molar-refractivity contribution in [2.24, 2.45) is 11.8 Å². The number of amides is 1. The second kappa shape index (κ2) is 7.20. The van der Waals surface area contributed by atoms with E-state index in [1.165, 1.54) is 24.0 Å². The summed E-state index contributed by atoms with van der Waals surface area (Å²) in [5.41, 5.74) is 3.91. The van der Waals surface area contributed by atoms with E-state index in [0.717, 1.165) is 18.4 Å². The largest absolute Gasteiger partial charge is 0.481 e. The molecule has 3 rings (SSSR count). The van der Waals surface area contributed by atoms with Crippen LogP contribution in [-0.2, 0) is 22.4 Å². The summed E-state index contributed by atoms with van der Waals surface area (Å²) in [4.78, 5) is 23.9. The number of carbonyl (C=O) groups is 2. The van der Waals surface area contributed by atoms with Crippen LogP contribution in [0.4, 0.5) is 0 Å². The first-order chi connectivity index (χ1) is 11.6. The van der Waals surface area contributed by atoms with Crippen LogP contribution >= 0.6 is 0 Å². The lowest BCUT2D eigenvalue weighted by molar-refractivity contribution is -0.147. The fourth-order valence-corrected chi connectivity index (χ4v) is 3.80. The molecule has 4 heteroatoms. The number of aryl methyl sites for hydroxylation is 2. The normalized spacial score (nSPS) is 24.0. The van der Waals surface area contributed by atoms with Gasteiger partial charge in [0, 0.05) is 0 Å². The molecular weight excluding hydrogens is 302 g/mol. The average molecular weight is 327 g/mol. The van der Waals surface area contributed by atoms with Gasteiger partial charge in [0.1, 0.15) is 0 Å². The zero-order chi connectivity index (χ0) is 17.1. The summed E-state index contributed by atoms with van der Waals surface area (Å²) >= 11 is 0. The van der Waals surface area contributed by atoms with Crippen molar-refractivity contribution in [2.45, 2.75) is 51.5 Å². The number of carboxylic acids is 1. The Morgan fingerprint density at radius 3 is 2.46 bits per heavy atom. The third-order valence-corrected chi connectivity index (χ3v) is 5.32. The molecule has 1 amide bonds. The number of allylic oxidation sites excluding steroid dienone is 2. The van der Waals surface area contributed by atoms with Crippen LogP contribution in [0.2, 0.25) is 0 Å². The predicted octanol–water partition coefficient (Wildman–Crippen LogP) is 3.41. The molecule has 0 bridgehead atoms. The molecule has 128 valence electrons. The fraction of sp³-hybridized carbons (Fsp3) is 0.500. The molecule has 0 fully saturated rings. The molecular formula is C20H25NO3. The minimum atomic E-state index is -0.888. The summed E-state index contributed by atoms with van der Waals surface area (Å²) in [6, 6.07) is 6.36. The van der Waals surface area contributed by atoms with E-state index in [2.05, 4.69) is 23.5 Å². The highest BCUT2D eigenvalue weighted by molar-refractivity contribution is 5.85. The van der Waals surface area contributed by atoms with Gasteiger partial charge in [-0.2, -0.15) is 0 Å². The number of aliphatic carboxylic acids is 1. The van der Waals surface area contributed by atoms with E-state index in [-0.39, 0.29) is 11.9 Å². The van der Waals surface area contributed by atoms with Crippen molar-refractivity contribution in [1.29, 1.82) is 0 Å². The fourth-order valence-electron chi connectivity index (χ4n) is 3.80.